The van der Waals surface area contributed by atoms with Gasteiger partial charge in [0.15, 0.2) is 5.12 Å². The van der Waals surface area contributed by atoms with Gasteiger partial charge in [-0.3, -0.25) is 11.5 Å². The van der Waals surface area contributed by atoms with Crippen molar-refractivity contribution in [3.8, 4) is 0 Å². The first-order valence-corrected chi connectivity index (χ1v) is 5.25. The van der Waals surface area contributed by atoms with E-state index in [0.717, 1.165) is 18.4 Å². The van der Waals surface area contributed by atoms with Gasteiger partial charge in [0.25, 0.3) is 0 Å². The average Bonchev–Trinajstić information content (AvgIpc) is 2.15. The van der Waals surface area contributed by atoms with Crippen molar-refractivity contribution in [1.29, 1.82) is 0 Å². The van der Waals surface area contributed by atoms with Crippen LogP contribution in [0.15, 0.2) is 18.2 Å². The number of hydrogen-bond donors (Lipinski definition) is 2. The van der Waals surface area contributed by atoms with E-state index >= 15 is 0 Å². The molecule has 1 aromatic carbocycles. The highest BCUT2D eigenvalue weighted by Crippen LogP contribution is 2.21. The number of aryl methyl sites for hydroxylation is 2. The second kappa shape index (κ2) is 4.30. The molecule has 0 amide bonds. The van der Waals surface area contributed by atoms with Crippen molar-refractivity contribution in [2.45, 2.75) is 31.8 Å². The summed E-state index contributed by atoms with van der Waals surface area (Å²) < 4.78 is 0. The van der Waals surface area contributed by atoms with Gasteiger partial charge in [0.05, 0.1) is 0 Å². The van der Waals surface area contributed by atoms with Crippen LogP contribution in [0.5, 0.6) is 0 Å². The Morgan fingerprint density at radius 1 is 1.07 bits per heavy atom. The van der Waals surface area contributed by atoms with Gasteiger partial charge in [-0.05, 0) is 24.0 Å². The van der Waals surface area contributed by atoms with Gasteiger partial charge in [-0.1, -0.05) is 43.6 Å². The molecule has 1 rings (SSSR count). The highest BCUT2D eigenvalue weighted by atomic mass is 35.5. The minimum Gasteiger partial charge on any atom is -0.297 e. The molecule has 0 spiro atoms. The minimum absolute atomic E-state index is 0.787. The van der Waals surface area contributed by atoms with E-state index in [0.29, 0.717) is 0 Å². The summed E-state index contributed by atoms with van der Waals surface area (Å²) in [5.74, 6) is 0. The molecular formula is C11H17ClN2. The lowest BCUT2D eigenvalue weighted by atomic mass is 10.0. The summed E-state index contributed by atoms with van der Waals surface area (Å²) in [5.41, 5.74) is 14.5. The first-order valence-electron chi connectivity index (χ1n) is 4.87. The van der Waals surface area contributed by atoms with Crippen molar-refractivity contribution in [2.75, 3.05) is 0 Å². The van der Waals surface area contributed by atoms with Crippen LogP contribution in [0.25, 0.3) is 0 Å². The van der Waals surface area contributed by atoms with Crippen LogP contribution in [0.1, 0.15) is 30.5 Å². The molecule has 0 aliphatic heterocycles. The number of nitrogens with two attached hydrogens (primary N) is 2. The summed E-state index contributed by atoms with van der Waals surface area (Å²) in [5, 5.41) is -1.25. The van der Waals surface area contributed by atoms with Crippen LogP contribution in [-0.4, -0.2) is 0 Å². The molecule has 1 aromatic rings. The summed E-state index contributed by atoms with van der Waals surface area (Å²) in [6.45, 7) is 4.20. The predicted molar refractivity (Wildman–Crippen MR) is 61.1 cm³/mol. The number of rotatable bonds is 3. The highest BCUT2D eigenvalue weighted by Gasteiger charge is 2.18. The fraction of sp³-hybridized carbons (Fsp3) is 0.455. The second-order valence-corrected chi connectivity index (χ2v) is 4.14. The van der Waals surface area contributed by atoms with Crippen molar-refractivity contribution < 1.29 is 0 Å². The first-order chi connectivity index (χ1) is 6.47. The number of hydrogen-bond acceptors (Lipinski definition) is 2. The predicted octanol–water partition coefficient (Wildman–Crippen LogP) is 2.08. The van der Waals surface area contributed by atoms with Gasteiger partial charge in [-0.25, -0.2) is 0 Å². The molecule has 14 heavy (non-hydrogen) atoms. The molecule has 0 saturated heterocycles. The highest BCUT2D eigenvalue weighted by molar-refractivity contribution is 6.23. The zero-order valence-electron chi connectivity index (χ0n) is 8.68. The van der Waals surface area contributed by atoms with Crippen LogP contribution in [0.3, 0.4) is 0 Å². The second-order valence-electron chi connectivity index (χ2n) is 3.51. The Labute approximate surface area is 90.2 Å². The summed E-state index contributed by atoms with van der Waals surface area (Å²) in [4.78, 5) is 0. The summed E-state index contributed by atoms with van der Waals surface area (Å²) in [6.07, 6.45) is 1.93. The number of halogens is 1. The van der Waals surface area contributed by atoms with Crippen molar-refractivity contribution in [1.82, 2.24) is 0 Å². The lowest BCUT2D eigenvalue weighted by Crippen LogP contribution is -2.40. The summed E-state index contributed by atoms with van der Waals surface area (Å²) in [7, 11) is 0. The zero-order chi connectivity index (χ0) is 10.8. The van der Waals surface area contributed by atoms with Crippen molar-refractivity contribution in [2.24, 2.45) is 11.5 Å². The minimum atomic E-state index is -1.25. The molecule has 0 aliphatic rings. The van der Waals surface area contributed by atoms with E-state index < -0.39 is 5.12 Å². The first kappa shape index (κ1) is 11.5. The molecule has 3 heteroatoms. The molecule has 0 fully saturated rings. The van der Waals surface area contributed by atoms with E-state index in [4.69, 9.17) is 23.1 Å². The fourth-order valence-electron chi connectivity index (χ4n) is 1.39. The van der Waals surface area contributed by atoms with Crippen LogP contribution in [0, 0.1) is 0 Å². The molecular weight excluding hydrogens is 196 g/mol. The molecule has 0 aromatic heterocycles. The van der Waals surface area contributed by atoms with E-state index in [1.165, 1.54) is 11.1 Å². The monoisotopic (exact) mass is 212 g/mol. The van der Waals surface area contributed by atoms with Gasteiger partial charge in [-0.2, -0.15) is 0 Å². The smallest absolute Gasteiger partial charge is 0.167 e. The average molecular weight is 213 g/mol. The van der Waals surface area contributed by atoms with Gasteiger partial charge < -0.3 is 0 Å². The Morgan fingerprint density at radius 3 is 1.79 bits per heavy atom. The number of alkyl halides is 1. The quantitative estimate of drug-likeness (QED) is 0.458. The van der Waals surface area contributed by atoms with Gasteiger partial charge in [0, 0.05) is 5.56 Å². The Kier molecular flexibility index (Phi) is 3.53. The fourth-order valence-corrected chi connectivity index (χ4v) is 1.50. The molecule has 0 heterocycles. The Hall–Kier alpha value is -0.570. The Balaban J connectivity index is 3.17. The van der Waals surface area contributed by atoms with Crippen LogP contribution >= 0.6 is 11.6 Å². The molecule has 0 saturated carbocycles. The largest absolute Gasteiger partial charge is 0.297 e. The molecule has 0 aliphatic carbocycles. The Bertz CT molecular complexity index is 293. The number of benzene rings is 1. The van der Waals surface area contributed by atoms with Gasteiger partial charge in [0.1, 0.15) is 0 Å². The van der Waals surface area contributed by atoms with E-state index in [1.54, 1.807) is 0 Å². The van der Waals surface area contributed by atoms with Gasteiger partial charge >= 0.3 is 0 Å². The molecule has 2 nitrogen and oxygen atoms in total. The summed E-state index contributed by atoms with van der Waals surface area (Å²) >= 11 is 5.87. The Morgan fingerprint density at radius 2 is 1.50 bits per heavy atom. The lowest BCUT2D eigenvalue weighted by molar-refractivity contribution is 0.677. The zero-order valence-corrected chi connectivity index (χ0v) is 9.43. The third-order valence-electron chi connectivity index (χ3n) is 2.31. The van der Waals surface area contributed by atoms with Crippen LogP contribution in [-0.2, 0) is 18.0 Å². The van der Waals surface area contributed by atoms with Crippen LogP contribution < -0.4 is 11.5 Å². The van der Waals surface area contributed by atoms with Crippen LogP contribution in [0.2, 0.25) is 0 Å². The van der Waals surface area contributed by atoms with Crippen molar-refractivity contribution >= 4 is 11.6 Å². The standard InChI is InChI=1S/C11H17ClN2/c1-3-8-5-9(4-2)7-10(6-8)11(12,13)14/h5-7H,3-4,13-14H2,1-2H3. The molecule has 0 radical (unpaired) electrons. The van der Waals surface area contributed by atoms with Crippen LogP contribution in [0.4, 0.5) is 0 Å². The molecule has 0 bridgehead atoms. The topological polar surface area (TPSA) is 52.0 Å². The molecule has 78 valence electrons. The normalized spacial score (nSPS) is 11.8. The van der Waals surface area contributed by atoms with Crippen molar-refractivity contribution in [3.63, 3.8) is 0 Å². The van der Waals surface area contributed by atoms with Gasteiger partial charge in [0.2, 0.25) is 0 Å². The SMILES string of the molecule is CCc1cc(CC)cc(C(N)(N)Cl)c1. The lowest BCUT2D eigenvalue weighted by Gasteiger charge is -2.18. The van der Waals surface area contributed by atoms with Gasteiger partial charge in [-0.15, -0.1) is 0 Å². The molecule has 0 unspecified atom stereocenters. The maximum absolute atomic E-state index is 5.87. The molecule has 4 N–H and O–H groups in total. The van der Waals surface area contributed by atoms with Crippen molar-refractivity contribution in [3.05, 3.63) is 34.9 Å². The van der Waals surface area contributed by atoms with E-state index in [-0.39, 0.29) is 0 Å². The summed E-state index contributed by atoms with van der Waals surface area (Å²) in [6, 6.07) is 6.09. The van der Waals surface area contributed by atoms with E-state index in [2.05, 4.69) is 19.9 Å². The third kappa shape index (κ3) is 2.71. The third-order valence-corrected chi connectivity index (χ3v) is 2.53. The van der Waals surface area contributed by atoms with E-state index in [1.807, 2.05) is 12.1 Å². The molecule has 0 atom stereocenters. The maximum Gasteiger partial charge on any atom is 0.167 e. The maximum atomic E-state index is 5.87. The van der Waals surface area contributed by atoms with E-state index in [9.17, 15) is 0 Å².